The molecule has 0 saturated carbocycles. The second-order valence-corrected chi connectivity index (χ2v) is 7.18. The summed E-state index contributed by atoms with van der Waals surface area (Å²) in [5.41, 5.74) is 0.130. The van der Waals surface area contributed by atoms with Gasteiger partial charge in [-0.3, -0.25) is 4.79 Å². The number of fused-ring (bicyclic) bond motifs is 1. The summed E-state index contributed by atoms with van der Waals surface area (Å²) < 4.78 is 51.3. The monoisotopic (exact) mass is 408 g/mol. The van der Waals surface area contributed by atoms with E-state index in [9.17, 15) is 18.0 Å². The molecule has 0 bridgehead atoms. The maximum absolute atomic E-state index is 13.7. The van der Waals surface area contributed by atoms with Crippen molar-refractivity contribution in [2.75, 3.05) is 13.1 Å². The molecule has 1 atom stereocenters. The normalized spacial score (nSPS) is 17.8. The second kappa shape index (κ2) is 7.16. The van der Waals surface area contributed by atoms with Crippen LogP contribution in [-0.2, 0) is 12.6 Å². The van der Waals surface area contributed by atoms with Crippen LogP contribution in [0, 0.1) is 6.92 Å². The molecule has 0 aliphatic carbocycles. The van der Waals surface area contributed by atoms with E-state index in [0.717, 1.165) is 6.07 Å². The van der Waals surface area contributed by atoms with Crippen molar-refractivity contribution in [1.82, 2.24) is 20.2 Å². The number of aromatic nitrogens is 3. The molecule has 1 aliphatic heterocycles. The average molecular weight is 408 g/mol. The number of hydrogen-bond acceptors (Lipinski definition) is 6. The van der Waals surface area contributed by atoms with E-state index in [1.807, 2.05) is 0 Å². The van der Waals surface area contributed by atoms with Gasteiger partial charge in [-0.25, -0.2) is 4.98 Å². The molecule has 0 aromatic carbocycles. The van der Waals surface area contributed by atoms with E-state index >= 15 is 0 Å². The highest BCUT2D eigenvalue weighted by molar-refractivity contribution is 5.91. The van der Waals surface area contributed by atoms with Crippen LogP contribution in [0.5, 0.6) is 0 Å². The van der Waals surface area contributed by atoms with Gasteiger partial charge in [0.25, 0.3) is 11.6 Å². The first-order chi connectivity index (χ1) is 13.8. The van der Waals surface area contributed by atoms with E-state index in [2.05, 4.69) is 15.3 Å². The van der Waals surface area contributed by atoms with Gasteiger partial charge in [-0.05, 0) is 32.3 Å². The molecule has 0 unspecified atom stereocenters. The third-order valence-electron chi connectivity index (χ3n) is 5.13. The van der Waals surface area contributed by atoms with Crippen LogP contribution >= 0.6 is 0 Å². The fourth-order valence-electron chi connectivity index (χ4n) is 3.71. The third-order valence-corrected chi connectivity index (χ3v) is 5.13. The number of likely N-dealkylation sites (tertiary alicyclic amines) is 1. The fraction of sp³-hybridized carbons (Fsp3) is 0.474. The molecule has 10 heteroatoms. The summed E-state index contributed by atoms with van der Waals surface area (Å²) >= 11 is 0. The number of halogens is 3. The molecule has 0 radical (unpaired) electrons. The first-order valence-corrected chi connectivity index (χ1v) is 9.37. The lowest BCUT2D eigenvalue weighted by Crippen LogP contribution is -2.39. The van der Waals surface area contributed by atoms with Gasteiger partial charge in [0.15, 0.2) is 0 Å². The predicted molar refractivity (Wildman–Crippen MR) is 95.3 cm³/mol. The van der Waals surface area contributed by atoms with Gasteiger partial charge >= 0.3 is 6.18 Å². The van der Waals surface area contributed by atoms with E-state index in [-0.39, 0.29) is 40.7 Å². The average Bonchev–Trinajstić information content (AvgIpc) is 3.32. The highest BCUT2D eigenvalue weighted by Crippen LogP contribution is 2.40. The number of nitrogens with zero attached hydrogens (tertiary/aromatic N) is 4. The Morgan fingerprint density at radius 3 is 2.72 bits per heavy atom. The molecule has 3 aromatic heterocycles. The Hall–Kier alpha value is -2.91. The summed E-state index contributed by atoms with van der Waals surface area (Å²) in [6.45, 7) is 4.13. The minimum Gasteiger partial charge on any atom is -0.351 e. The topological polar surface area (TPSA) is 85.3 Å². The second-order valence-electron chi connectivity index (χ2n) is 7.18. The van der Waals surface area contributed by atoms with Gasteiger partial charge in [-0.15, -0.1) is 0 Å². The van der Waals surface area contributed by atoms with Crippen LogP contribution in [0.1, 0.15) is 58.9 Å². The first kappa shape index (κ1) is 19.4. The molecule has 4 rings (SSSR count). The Morgan fingerprint density at radius 1 is 1.28 bits per heavy atom. The molecule has 0 N–H and O–H groups in total. The minimum absolute atomic E-state index is 0.110. The summed E-state index contributed by atoms with van der Waals surface area (Å²) in [5, 5.41) is 7.52. The number of carbonyl (C=O) groups excluding carboxylic acids is 1. The Morgan fingerprint density at radius 2 is 2.07 bits per heavy atom. The molecular weight excluding hydrogens is 389 g/mol. The largest absolute Gasteiger partial charge is 0.417 e. The summed E-state index contributed by atoms with van der Waals surface area (Å²) in [7, 11) is 0. The van der Waals surface area contributed by atoms with Gasteiger partial charge < -0.3 is 13.9 Å². The zero-order valence-electron chi connectivity index (χ0n) is 15.9. The summed E-state index contributed by atoms with van der Waals surface area (Å²) in [6, 6.07) is 2.58. The van der Waals surface area contributed by atoms with Crippen LogP contribution < -0.4 is 0 Å². The van der Waals surface area contributed by atoms with Crippen LogP contribution in [-0.4, -0.2) is 39.2 Å². The van der Waals surface area contributed by atoms with Crippen molar-refractivity contribution in [2.45, 2.75) is 45.2 Å². The quantitative estimate of drug-likeness (QED) is 0.648. The SMILES string of the molecule is CCc1cc(C(F)(F)F)c2c([C@@H]3CCCN(C(=O)c4cc(C)no4)C3)noc2n1. The lowest BCUT2D eigenvalue weighted by molar-refractivity contribution is -0.136. The van der Waals surface area contributed by atoms with Crippen LogP contribution in [0.2, 0.25) is 0 Å². The molecule has 1 saturated heterocycles. The fourth-order valence-corrected chi connectivity index (χ4v) is 3.71. The standard InChI is InChI=1S/C19H19F3N4O3/c1-3-12-8-13(19(20,21)22)15-16(25-29-17(15)23-12)11-5-4-6-26(9-11)18(27)14-7-10(2)24-28-14/h7-8,11H,3-6,9H2,1-2H3/t11-/m1/s1. The van der Waals surface area contributed by atoms with Gasteiger partial charge in [0.1, 0.15) is 0 Å². The van der Waals surface area contributed by atoms with Crippen molar-refractivity contribution in [2.24, 2.45) is 0 Å². The lowest BCUT2D eigenvalue weighted by Gasteiger charge is -2.31. The van der Waals surface area contributed by atoms with Gasteiger partial charge in [0, 0.05) is 30.8 Å². The van der Waals surface area contributed by atoms with Gasteiger partial charge in [-0.1, -0.05) is 17.2 Å². The Labute approximate surface area is 163 Å². The van der Waals surface area contributed by atoms with E-state index in [1.54, 1.807) is 18.7 Å². The molecule has 1 amide bonds. The van der Waals surface area contributed by atoms with Crippen molar-refractivity contribution in [3.05, 3.63) is 40.5 Å². The zero-order valence-corrected chi connectivity index (χ0v) is 15.9. The number of piperidine rings is 1. The molecule has 1 fully saturated rings. The summed E-state index contributed by atoms with van der Waals surface area (Å²) in [5.74, 6) is -0.628. The Bertz CT molecular complexity index is 1060. The molecule has 4 heterocycles. The third kappa shape index (κ3) is 3.58. The zero-order chi connectivity index (χ0) is 20.8. The van der Waals surface area contributed by atoms with Crippen molar-refractivity contribution < 1.29 is 27.0 Å². The highest BCUT2D eigenvalue weighted by atomic mass is 19.4. The number of aryl methyl sites for hydroxylation is 2. The molecule has 1 aliphatic rings. The van der Waals surface area contributed by atoms with Crippen LogP contribution in [0.15, 0.2) is 21.2 Å². The molecule has 154 valence electrons. The number of carbonyl (C=O) groups is 1. The maximum Gasteiger partial charge on any atom is 0.417 e. The maximum atomic E-state index is 13.7. The van der Waals surface area contributed by atoms with E-state index < -0.39 is 17.7 Å². The van der Waals surface area contributed by atoms with Crippen LogP contribution in [0.3, 0.4) is 0 Å². The van der Waals surface area contributed by atoms with E-state index in [0.29, 0.717) is 31.5 Å². The number of hydrogen-bond donors (Lipinski definition) is 0. The lowest BCUT2D eigenvalue weighted by atomic mass is 9.91. The van der Waals surface area contributed by atoms with E-state index in [4.69, 9.17) is 9.05 Å². The van der Waals surface area contributed by atoms with Gasteiger partial charge in [0.2, 0.25) is 5.76 Å². The minimum atomic E-state index is -4.56. The van der Waals surface area contributed by atoms with Crippen molar-refractivity contribution in [1.29, 1.82) is 0 Å². The summed E-state index contributed by atoms with van der Waals surface area (Å²) in [4.78, 5) is 18.4. The number of pyridine rings is 1. The predicted octanol–water partition coefficient (Wildman–Crippen LogP) is 4.12. The molecule has 7 nitrogen and oxygen atoms in total. The number of amides is 1. The van der Waals surface area contributed by atoms with Crippen molar-refractivity contribution >= 4 is 17.0 Å². The van der Waals surface area contributed by atoms with Crippen LogP contribution in [0.25, 0.3) is 11.1 Å². The Kier molecular flexibility index (Phi) is 4.79. The van der Waals surface area contributed by atoms with Gasteiger partial charge in [-0.2, -0.15) is 13.2 Å². The molecule has 0 spiro atoms. The summed E-state index contributed by atoms with van der Waals surface area (Å²) in [6.07, 6.45) is -3.00. The molecule has 3 aromatic rings. The number of alkyl halides is 3. The van der Waals surface area contributed by atoms with Gasteiger partial charge in [0.05, 0.1) is 22.3 Å². The van der Waals surface area contributed by atoms with E-state index in [1.165, 1.54) is 6.07 Å². The van der Waals surface area contributed by atoms with Crippen molar-refractivity contribution in [3.8, 4) is 0 Å². The Balaban J connectivity index is 1.70. The molecular formula is C19H19F3N4O3. The van der Waals surface area contributed by atoms with Crippen LogP contribution in [0.4, 0.5) is 13.2 Å². The first-order valence-electron chi connectivity index (χ1n) is 9.37. The number of rotatable bonds is 3. The van der Waals surface area contributed by atoms with Crippen molar-refractivity contribution in [3.63, 3.8) is 0 Å². The highest BCUT2D eigenvalue weighted by Gasteiger charge is 2.38. The smallest absolute Gasteiger partial charge is 0.351 e. The molecule has 29 heavy (non-hydrogen) atoms.